The number of nitrogens with one attached hydrogen (secondary N) is 1. The molecule has 1 aromatic rings. The summed E-state index contributed by atoms with van der Waals surface area (Å²) in [7, 11) is 4.27. The maximum atomic E-state index is 5.84. The highest BCUT2D eigenvalue weighted by molar-refractivity contribution is 5.38. The summed E-state index contributed by atoms with van der Waals surface area (Å²) in [6, 6.07) is 9.29. The van der Waals surface area contributed by atoms with Crippen molar-refractivity contribution in [1.29, 1.82) is 0 Å². The minimum absolute atomic E-state index is 0.382. The Balaban J connectivity index is 2.18. The van der Waals surface area contributed by atoms with Crippen molar-refractivity contribution in [3.8, 4) is 5.75 Å². The molecule has 20 heavy (non-hydrogen) atoms. The van der Waals surface area contributed by atoms with Gasteiger partial charge in [-0.15, -0.1) is 0 Å². The molecule has 3 unspecified atom stereocenters. The Hall–Kier alpha value is -1.06. The highest BCUT2D eigenvalue weighted by Crippen LogP contribution is 2.35. The molecule has 112 valence electrons. The number of hydrogen-bond donors (Lipinski definition) is 1. The van der Waals surface area contributed by atoms with Gasteiger partial charge in [-0.3, -0.25) is 0 Å². The van der Waals surface area contributed by atoms with Crippen LogP contribution < -0.4 is 10.1 Å². The molecule has 1 aliphatic rings. The fraction of sp³-hybridized carbons (Fsp3) is 0.647. The summed E-state index contributed by atoms with van der Waals surface area (Å²) in [5, 5.41) is 3.87. The van der Waals surface area contributed by atoms with Gasteiger partial charge in [0.05, 0.1) is 6.61 Å². The second-order valence-electron chi connectivity index (χ2n) is 6.58. The largest absolute Gasteiger partial charge is 0.493 e. The van der Waals surface area contributed by atoms with E-state index >= 15 is 0 Å². The van der Waals surface area contributed by atoms with Gasteiger partial charge in [0.15, 0.2) is 0 Å². The van der Waals surface area contributed by atoms with Crippen molar-refractivity contribution in [3.05, 3.63) is 29.8 Å². The maximum absolute atomic E-state index is 5.84. The van der Waals surface area contributed by atoms with E-state index in [4.69, 9.17) is 4.74 Å². The summed E-state index contributed by atoms with van der Waals surface area (Å²) in [5.74, 6) is 2.14. The lowest BCUT2D eigenvalue weighted by atomic mass is 9.90. The zero-order chi connectivity index (χ0) is 14.7. The second kappa shape index (κ2) is 6.59. The highest BCUT2D eigenvalue weighted by atomic mass is 16.5. The first-order valence-corrected chi connectivity index (χ1v) is 7.61. The van der Waals surface area contributed by atoms with Gasteiger partial charge in [-0.05, 0) is 26.1 Å². The van der Waals surface area contributed by atoms with Crippen LogP contribution in [0.15, 0.2) is 24.3 Å². The minimum Gasteiger partial charge on any atom is -0.493 e. The molecular weight excluding hydrogens is 248 g/mol. The van der Waals surface area contributed by atoms with Crippen LogP contribution in [0.3, 0.4) is 0 Å². The summed E-state index contributed by atoms with van der Waals surface area (Å²) >= 11 is 0. The lowest BCUT2D eigenvalue weighted by Gasteiger charge is -2.37. The van der Waals surface area contributed by atoms with E-state index in [-0.39, 0.29) is 0 Å². The molecule has 0 aliphatic carbocycles. The van der Waals surface area contributed by atoms with E-state index in [2.05, 4.69) is 63.3 Å². The van der Waals surface area contributed by atoms with Crippen LogP contribution in [0.5, 0.6) is 5.75 Å². The lowest BCUT2D eigenvalue weighted by Crippen LogP contribution is -2.47. The van der Waals surface area contributed by atoms with Crippen LogP contribution >= 0.6 is 0 Å². The van der Waals surface area contributed by atoms with Gasteiger partial charge in [0.2, 0.25) is 0 Å². The predicted molar refractivity (Wildman–Crippen MR) is 84.2 cm³/mol. The van der Waals surface area contributed by atoms with Crippen LogP contribution in [-0.2, 0) is 0 Å². The van der Waals surface area contributed by atoms with E-state index in [1.165, 1.54) is 5.56 Å². The lowest BCUT2D eigenvalue weighted by molar-refractivity contribution is 0.164. The van der Waals surface area contributed by atoms with Gasteiger partial charge in [0.1, 0.15) is 5.75 Å². The number of fused-ring (bicyclic) bond motifs is 1. The molecule has 0 bridgehead atoms. The van der Waals surface area contributed by atoms with Crippen LogP contribution in [0.25, 0.3) is 0 Å². The van der Waals surface area contributed by atoms with Gasteiger partial charge in [-0.1, -0.05) is 39.0 Å². The molecule has 0 aromatic heterocycles. The normalized spacial score (nSPS) is 23.6. The predicted octanol–water partition coefficient (Wildman–Crippen LogP) is 2.93. The molecule has 3 nitrogen and oxygen atoms in total. The summed E-state index contributed by atoms with van der Waals surface area (Å²) < 4.78 is 5.84. The molecule has 3 atom stereocenters. The summed E-state index contributed by atoms with van der Waals surface area (Å²) in [6.45, 7) is 8.69. The average molecular weight is 276 g/mol. The molecule has 0 saturated heterocycles. The topological polar surface area (TPSA) is 24.5 Å². The van der Waals surface area contributed by atoms with Gasteiger partial charge in [0, 0.05) is 30.1 Å². The van der Waals surface area contributed by atoms with E-state index in [0.717, 1.165) is 18.9 Å². The fourth-order valence-corrected chi connectivity index (χ4v) is 2.83. The number of nitrogens with zero attached hydrogens (tertiary/aromatic N) is 1. The third-order valence-electron chi connectivity index (χ3n) is 4.09. The van der Waals surface area contributed by atoms with Crippen LogP contribution in [0.1, 0.15) is 32.4 Å². The third kappa shape index (κ3) is 3.53. The second-order valence-corrected chi connectivity index (χ2v) is 6.58. The van der Waals surface area contributed by atoms with Crippen LogP contribution in [-0.4, -0.2) is 38.2 Å². The smallest absolute Gasteiger partial charge is 0.124 e. The van der Waals surface area contributed by atoms with Crippen molar-refractivity contribution in [2.45, 2.75) is 32.9 Å². The van der Waals surface area contributed by atoms with E-state index in [1.807, 2.05) is 6.07 Å². The highest BCUT2D eigenvalue weighted by Gasteiger charge is 2.30. The zero-order valence-electron chi connectivity index (χ0n) is 13.4. The average Bonchev–Trinajstić information content (AvgIpc) is 2.40. The van der Waals surface area contributed by atoms with Gasteiger partial charge >= 0.3 is 0 Å². The molecule has 1 aromatic carbocycles. The van der Waals surface area contributed by atoms with Crippen LogP contribution in [0.2, 0.25) is 0 Å². The maximum Gasteiger partial charge on any atom is 0.124 e. The Labute approximate surface area is 123 Å². The van der Waals surface area contributed by atoms with Gasteiger partial charge in [-0.25, -0.2) is 0 Å². The molecule has 1 heterocycles. The van der Waals surface area contributed by atoms with Crippen LogP contribution in [0, 0.1) is 11.8 Å². The monoisotopic (exact) mass is 276 g/mol. The van der Waals surface area contributed by atoms with Crippen LogP contribution in [0.4, 0.5) is 0 Å². The molecule has 1 aliphatic heterocycles. The Kier molecular flexibility index (Phi) is 5.06. The standard InChI is InChI=1S/C17H28N2O/c1-12(2)15(10-19(4)5)18-17-13(3)11-20-16-9-7-6-8-14(16)17/h6-9,12-13,15,17-18H,10-11H2,1-5H3. The first-order chi connectivity index (χ1) is 9.49. The number of rotatable bonds is 5. The molecule has 2 rings (SSSR count). The quantitative estimate of drug-likeness (QED) is 0.895. The van der Waals surface area contributed by atoms with E-state index < -0.39 is 0 Å². The number of ether oxygens (including phenoxy) is 1. The molecule has 0 amide bonds. The van der Waals surface area contributed by atoms with E-state index in [1.54, 1.807) is 0 Å². The van der Waals surface area contributed by atoms with Crippen molar-refractivity contribution in [2.24, 2.45) is 11.8 Å². The SMILES string of the molecule is CC(C)C(CN(C)C)NC1c2ccccc2OCC1C. The summed E-state index contributed by atoms with van der Waals surface area (Å²) in [6.07, 6.45) is 0. The minimum atomic E-state index is 0.382. The molecule has 0 saturated carbocycles. The van der Waals surface area contributed by atoms with Crippen molar-refractivity contribution in [2.75, 3.05) is 27.2 Å². The van der Waals surface area contributed by atoms with E-state index in [9.17, 15) is 0 Å². The zero-order valence-corrected chi connectivity index (χ0v) is 13.4. The Morgan fingerprint density at radius 2 is 2.00 bits per heavy atom. The van der Waals surface area contributed by atoms with E-state index in [0.29, 0.717) is 23.9 Å². The first-order valence-electron chi connectivity index (χ1n) is 7.61. The van der Waals surface area contributed by atoms with Crippen molar-refractivity contribution >= 4 is 0 Å². The van der Waals surface area contributed by atoms with Gasteiger partial charge in [-0.2, -0.15) is 0 Å². The molecule has 0 fully saturated rings. The summed E-state index contributed by atoms with van der Waals surface area (Å²) in [5.41, 5.74) is 1.30. The van der Waals surface area contributed by atoms with Crippen molar-refractivity contribution < 1.29 is 4.74 Å². The molecule has 3 heteroatoms. The number of para-hydroxylation sites is 1. The summed E-state index contributed by atoms with van der Waals surface area (Å²) in [4.78, 5) is 2.26. The fourth-order valence-electron chi connectivity index (χ4n) is 2.83. The molecule has 0 radical (unpaired) electrons. The molecule has 1 N–H and O–H groups in total. The first kappa shape index (κ1) is 15.3. The van der Waals surface area contributed by atoms with Crippen molar-refractivity contribution in [1.82, 2.24) is 10.2 Å². The Morgan fingerprint density at radius 3 is 2.65 bits per heavy atom. The Bertz CT molecular complexity index is 431. The third-order valence-corrected chi connectivity index (χ3v) is 4.09. The van der Waals surface area contributed by atoms with Gasteiger partial charge in [0.25, 0.3) is 0 Å². The van der Waals surface area contributed by atoms with Crippen molar-refractivity contribution in [3.63, 3.8) is 0 Å². The van der Waals surface area contributed by atoms with Gasteiger partial charge < -0.3 is 15.0 Å². The number of likely N-dealkylation sites (N-methyl/N-ethyl adjacent to an activating group) is 1. The number of benzene rings is 1. The Morgan fingerprint density at radius 1 is 1.30 bits per heavy atom. The number of hydrogen-bond acceptors (Lipinski definition) is 3. The molecule has 0 spiro atoms. The molecular formula is C17H28N2O.